The molecule has 0 aliphatic carbocycles. The van der Waals surface area contributed by atoms with Crippen molar-refractivity contribution < 1.29 is 42.6 Å². The molecule has 0 spiro atoms. The zero-order chi connectivity index (χ0) is 10.2. The summed E-state index contributed by atoms with van der Waals surface area (Å²) in [5, 5.41) is 28.7. The molecule has 6 heteroatoms. The van der Waals surface area contributed by atoms with Crippen LogP contribution in [0, 0.1) is 0 Å². The van der Waals surface area contributed by atoms with Crippen molar-refractivity contribution in [3.8, 4) is 0 Å². The normalized spacial score (nSPS) is 13.5. The monoisotopic (exact) mass is 283 g/mol. The molecule has 0 rings (SSSR count). The third kappa shape index (κ3) is 11.6. The predicted octanol–water partition coefficient (Wildman–Crippen LogP) is -0.639. The Bertz CT molecular complexity index is 155. The molecule has 1 unspecified atom stereocenters. The summed E-state index contributed by atoms with van der Waals surface area (Å²) in [6.45, 7) is 4.43. The second-order valence-electron chi connectivity index (χ2n) is 2.29. The molecule has 0 bridgehead atoms. The van der Waals surface area contributed by atoms with Gasteiger partial charge in [0.05, 0.1) is 5.97 Å². The summed E-state index contributed by atoms with van der Waals surface area (Å²) in [5.41, 5.74) is -1.65. The number of aliphatic carboxylic acids is 1. The molecule has 0 fully saturated rings. The minimum Gasteiger partial charge on any atom is -0.547 e. The second kappa shape index (κ2) is 9.73. The average molecular weight is 284 g/mol. The van der Waals surface area contributed by atoms with E-state index >= 15 is 0 Å². The van der Waals surface area contributed by atoms with Crippen molar-refractivity contribution in [2.75, 3.05) is 0 Å². The molecule has 82 valence electrons. The molecular weight excluding hydrogens is 270 g/mol. The van der Waals surface area contributed by atoms with E-state index in [2.05, 4.69) is 5.16 Å². The zero-order valence-electron chi connectivity index (χ0n) is 7.74. The number of carboxylic acid groups (broad SMARTS) is 1. The Balaban J connectivity index is -0.000000173. The van der Waals surface area contributed by atoms with Gasteiger partial charge in [0, 0.05) is 6.21 Å². The van der Waals surface area contributed by atoms with Gasteiger partial charge in [-0.3, -0.25) is 0 Å². The smallest absolute Gasteiger partial charge is 0.547 e. The van der Waals surface area contributed by atoms with Crippen molar-refractivity contribution in [1.29, 1.82) is 0 Å². The van der Waals surface area contributed by atoms with E-state index in [4.69, 9.17) is 10.3 Å². The number of hydrogen-bond donors (Lipinski definition) is 2. The molecule has 0 aliphatic rings. The van der Waals surface area contributed by atoms with Crippen molar-refractivity contribution in [1.82, 2.24) is 0 Å². The van der Waals surface area contributed by atoms with Gasteiger partial charge in [0.1, 0.15) is 5.60 Å². The van der Waals surface area contributed by atoms with Crippen LogP contribution in [0.5, 0.6) is 0 Å². The Hall–Kier alpha value is -0.360. The van der Waals surface area contributed by atoms with Gasteiger partial charge in [-0.15, -0.1) is 5.16 Å². The fourth-order valence-electron chi connectivity index (χ4n) is 0.144. The second-order valence-corrected chi connectivity index (χ2v) is 2.29. The molecule has 0 amide bonds. The molecule has 0 heterocycles. The number of carbonyl (C=O) groups is 1. The molecule has 1 atom stereocenters. The van der Waals surface area contributed by atoms with Crippen LogP contribution in [0.1, 0.15) is 27.2 Å². The van der Waals surface area contributed by atoms with Gasteiger partial charge in [0.2, 0.25) is 0 Å². The number of nitrogens with zero attached hydrogens (tertiary/aromatic N) is 1. The fourth-order valence-corrected chi connectivity index (χ4v) is 0.144. The van der Waals surface area contributed by atoms with E-state index in [9.17, 15) is 9.90 Å². The van der Waals surface area contributed by atoms with Crippen molar-refractivity contribution in [3.05, 3.63) is 0 Å². The summed E-state index contributed by atoms with van der Waals surface area (Å²) < 4.78 is 0. The molecule has 0 aromatic rings. The molecule has 0 aromatic heterocycles. The quantitative estimate of drug-likeness (QED) is 0.305. The van der Waals surface area contributed by atoms with Gasteiger partial charge < -0.3 is 20.2 Å². The van der Waals surface area contributed by atoms with Gasteiger partial charge in [0.15, 0.2) is 0 Å². The first-order chi connectivity index (χ1) is 5.42. The van der Waals surface area contributed by atoms with Crippen molar-refractivity contribution in [2.45, 2.75) is 32.8 Å². The fraction of sp³-hybridized carbons (Fsp3) is 0.714. The summed E-state index contributed by atoms with van der Waals surface area (Å²) in [4.78, 5) is 9.89. The van der Waals surface area contributed by atoms with Gasteiger partial charge in [0.25, 0.3) is 0 Å². The van der Waals surface area contributed by atoms with E-state index in [-0.39, 0.29) is 28.8 Å². The van der Waals surface area contributed by atoms with Crippen molar-refractivity contribution in [3.63, 3.8) is 0 Å². The zero-order valence-corrected chi connectivity index (χ0v) is 9.23. The molecule has 2 N–H and O–H groups in total. The topological polar surface area (TPSA) is 93.0 Å². The van der Waals surface area contributed by atoms with Crippen LogP contribution in [-0.4, -0.2) is 28.1 Å². The third-order valence-electron chi connectivity index (χ3n) is 1.24. The molecule has 0 radical (unpaired) electrons. The molecule has 0 aromatic carbocycles. The molecule has 5 nitrogen and oxygen atoms in total. The maximum Gasteiger partial charge on any atom is 1.00 e. The number of rotatable bonds is 2. The van der Waals surface area contributed by atoms with E-state index in [1.807, 2.05) is 0 Å². The minimum absolute atomic E-state index is 0. The van der Waals surface area contributed by atoms with Crippen LogP contribution in [0.25, 0.3) is 0 Å². The van der Waals surface area contributed by atoms with E-state index in [1.54, 1.807) is 13.8 Å². The number of carboxylic acids is 1. The van der Waals surface area contributed by atoms with Crippen LogP contribution in [0.3, 0.4) is 0 Å². The number of oxime groups is 1. The first-order valence-corrected chi connectivity index (χ1v) is 3.48. The van der Waals surface area contributed by atoms with Crippen LogP contribution >= 0.6 is 0 Å². The minimum atomic E-state index is -1.65. The molecule has 0 saturated heterocycles. The Kier molecular flexibility index (Phi) is 13.8. The maximum atomic E-state index is 9.89. The number of aliphatic hydroxyl groups is 1. The largest absolute Gasteiger partial charge is 1.00 e. The first kappa shape index (κ1) is 18.4. The Morgan fingerprint density at radius 3 is 2.00 bits per heavy atom. The SMILES string of the molecule is C/C=N/O.CCC(C)(O)C(=O)[O-].[Ag+]. The van der Waals surface area contributed by atoms with Gasteiger partial charge in [-0.25, -0.2) is 0 Å². The Morgan fingerprint density at radius 2 is 2.00 bits per heavy atom. The Labute approximate surface area is 93.0 Å². The van der Waals surface area contributed by atoms with Gasteiger partial charge in [-0.05, 0) is 20.3 Å². The van der Waals surface area contributed by atoms with Crippen molar-refractivity contribution in [2.24, 2.45) is 5.16 Å². The summed E-state index contributed by atoms with van der Waals surface area (Å²) in [7, 11) is 0. The summed E-state index contributed by atoms with van der Waals surface area (Å²) in [6.07, 6.45) is 1.48. The van der Waals surface area contributed by atoms with Gasteiger partial charge in [-0.1, -0.05) is 6.92 Å². The van der Waals surface area contributed by atoms with Crippen LogP contribution in [0.15, 0.2) is 5.16 Å². The molecule has 0 saturated carbocycles. The van der Waals surface area contributed by atoms with Crippen LogP contribution in [0.4, 0.5) is 0 Å². The van der Waals surface area contributed by atoms with E-state index in [0.29, 0.717) is 0 Å². The summed E-state index contributed by atoms with van der Waals surface area (Å²) in [5.74, 6) is -1.42. The molecular formula is C7H14AgNO4. The third-order valence-corrected chi connectivity index (χ3v) is 1.24. The summed E-state index contributed by atoms with van der Waals surface area (Å²) in [6, 6.07) is 0. The van der Waals surface area contributed by atoms with Crippen LogP contribution in [0.2, 0.25) is 0 Å². The maximum absolute atomic E-state index is 9.89. The van der Waals surface area contributed by atoms with E-state index in [0.717, 1.165) is 0 Å². The standard InChI is InChI=1S/C5H10O3.C2H5NO.Ag/c1-3-5(2,8)4(6)7;1-2-3-4;/h8H,3H2,1-2H3,(H,6,7);2,4H,1H3;/q;;+1/p-1/b;3-2+;. The predicted molar refractivity (Wildman–Crippen MR) is 41.9 cm³/mol. The molecule has 0 aliphatic heterocycles. The van der Waals surface area contributed by atoms with Crippen molar-refractivity contribution >= 4 is 12.2 Å². The van der Waals surface area contributed by atoms with E-state index in [1.165, 1.54) is 13.1 Å². The van der Waals surface area contributed by atoms with Crippen LogP contribution in [-0.2, 0) is 27.2 Å². The average Bonchev–Trinajstić information content (AvgIpc) is 2.05. The number of carbonyl (C=O) groups excluding carboxylic acids is 1. The van der Waals surface area contributed by atoms with Gasteiger partial charge >= 0.3 is 22.4 Å². The van der Waals surface area contributed by atoms with Gasteiger partial charge in [-0.2, -0.15) is 0 Å². The first-order valence-electron chi connectivity index (χ1n) is 3.48. The molecule has 13 heavy (non-hydrogen) atoms. The van der Waals surface area contributed by atoms with E-state index < -0.39 is 11.6 Å². The van der Waals surface area contributed by atoms with Crippen LogP contribution < -0.4 is 5.11 Å². The number of hydrogen-bond acceptors (Lipinski definition) is 5. The Morgan fingerprint density at radius 1 is 1.69 bits per heavy atom. The summed E-state index contributed by atoms with van der Waals surface area (Å²) >= 11 is 0.